The van der Waals surface area contributed by atoms with Gasteiger partial charge in [-0.3, -0.25) is 9.59 Å². The van der Waals surface area contributed by atoms with Gasteiger partial charge in [-0.25, -0.2) is 0 Å². The number of benzene rings is 3. The summed E-state index contributed by atoms with van der Waals surface area (Å²) in [5, 5.41) is 4.40. The van der Waals surface area contributed by atoms with Crippen molar-refractivity contribution >= 4 is 51.7 Å². The highest BCUT2D eigenvalue weighted by molar-refractivity contribution is 6.42. The standard InChI is InChI=1S/C25H20Cl2N2O4/c1-2-32-24(30)15-29-13-12-19-22(29)4-3-5-23(19)33-18-9-7-17(8-10-18)28-25(31)16-6-11-20(26)21(27)14-16/h3-14H,2,15H2,1H3,(H,28,31). The van der Waals surface area contributed by atoms with Crippen LogP contribution in [0.3, 0.4) is 0 Å². The molecule has 0 aliphatic rings. The second-order valence-electron chi connectivity index (χ2n) is 7.15. The number of amides is 1. The number of anilines is 1. The van der Waals surface area contributed by atoms with Gasteiger partial charge in [0.1, 0.15) is 18.0 Å². The molecule has 1 heterocycles. The quantitative estimate of drug-likeness (QED) is 0.303. The normalized spacial score (nSPS) is 10.8. The van der Waals surface area contributed by atoms with Crippen molar-refractivity contribution in [3.8, 4) is 11.5 Å². The molecule has 0 radical (unpaired) electrons. The molecule has 0 bridgehead atoms. The summed E-state index contributed by atoms with van der Waals surface area (Å²) in [7, 11) is 0. The minimum atomic E-state index is -0.296. The molecule has 6 nitrogen and oxygen atoms in total. The Kier molecular flexibility index (Phi) is 6.87. The predicted molar refractivity (Wildman–Crippen MR) is 130 cm³/mol. The topological polar surface area (TPSA) is 69.6 Å². The molecule has 1 N–H and O–H groups in total. The van der Waals surface area contributed by atoms with Gasteiger partial charge < -0.3 is 19.4 Å². The molecular weight excluding hydrogens is 463 g/mol. The Morgan fingerprint density at radius 3 is 2.48 bits per heavy atom. The first kappa shape index (κ1) is 22.7. The predicted octanol–water partition coefficient (Wildman–Crippen LogP) is 6.56. The summed E-state index contributed by atoms with van der Waals surface area (Å²) in [5.74, 6) is 0.672. The summed E-state index contributed by atoms with van der Waals surface area (Å²) in [6, 6.07) is 19.3. The van der Waals surface area contributed by atoms with E-state index >= 15 is 0 Å². The molecule has 1 amide bonds. The average Bonchev–Trinajstić information content (AvgIpc) is 3.21. The van der Waals surface area contributed by atoms with Crippen molar-refractivity contribution in [2.24, 2.45) is 0 Å². The summed E-state index contributed by atoms with van der Waals surface area (Å²) in [6.45, 7) is 2.26. The highest BCUT2D eigenvalue weighted by Gasteiger charge is 2.12. The molecule has 0 fully saturated rings. The van der Waals surface area contributed by atoms with E-state index in [-0.39, 0.29) is 18.4 Å². The fourth-order valence-electron chi connectivity index (χ4n) is 3.34. The van der Waals surface area contributed by atoms with E-state index in [1.54, 1.807) is 43.3 Å². The fourth-order valence-corrected chi connectivity index (χ4v) is 3.64. The van der Waals surface area contributed by atoms with Crippen molar-refractivity contribution in [1.82, 2.24) is 4.57 Å². The maximum absolute atomic E-state index is 12.4. The molecule has 4 aromatic rings. The van der Waals surface area contributed by atoms with E-state index in [1.807, 2.05) is 35.0 Å². The Labute approximate surface area is 200 Å². The molecule has 168 valence electrons. The lowest BCUT2D eigenvalue weighted by Gasteiger charge is -2.10. The fraction of sp³-hybridized carbons (Fsp3) is 0.120. The zero-order valence-electron chi connectivity index (χ0n) is 17.7. The monoisotopic (exact) mass is 482 g/mol. The van der Waals surface area contributed by atoms with E-state index in [0.29, 0.717) is 39.4 Å². The van der Waals surface area contributed by atoms with Crippen LogP contribution in [-0.2, 0) is 16.1 Å². The van der Waals surface area contributed by atoms with Crippen molar-refractivity contribution in [1.29, 1.82) is 0 Å². The van der Waals surface area contributed by atoms with Crippen LogP contribution in [-0.4, -0.2) is 23.1 Å². The van der Waals surface area contributed by atoms with E-state index in [2.05, 4.69) is 5.32 Å². The van der Waals surface area contributed by atoms with Crippen LogP contribution in [0.1, 0.15) is 17.3 Å². The molecule has 0 unspecified atom stereocenters. The maximum atomic E-state index is 12.4. The summed E-state index contributed by atoms with van der Waals surface area (Å²) in [5.41, 5.74) is 1.88. The second-order valence-corrected chi connectivity index (χ2v) is 7.96. The number of nitrogens with one attached hydrogen (secondary N) is 1. The van der Waals surface area contributed by atoms with Crippen LogP contribution in [0.5, 0.6) is 11.5 Å². The molecule has 0 atom stereocenters. The van der Waals surface area contributed by atoms with Gasteiger partial charge in [-0.2, -0.15) is 0 Å². The van der Waals surface area contributed by atoms with Crippen molar-refractivity contribution in [2.45, 2.75) is 13.5 Å². The molecule has 1 aromatic heterocycles. The van der Waals surface area contributed by atoms with Crippen molar-refractivity contribution in [2.75, 3.05) is 11.9 Å². The van der Waals surface area contributed by atoms with Crippen LogP contribution in [0.15, 0.2) is 72.9 Å². The van der Waals surface area contributed by atoms with Crippen molar-refractivity contribution in [3.05, 3.63) is 88.5 Å². The lowest BCUT2D eigenvalue weighted by Crippen LogP contribution is -2.12. The van der Waals surface area contributed by atoms with Gasteiger partial charge in [0, 0.05) is 22.8 Å². The number of carbonyl (C=O) groups excluding carboxylic acids is 2. The third kappa shape index (κ3) is 5.30. The number of ether oxygens (including phenoxy) is 2. The molecule has 4 rings (SSSR count). The average molecular weight is 483 g/mol. The number of rotatable bonds is 7. The van der Waals surface area contributed by atoms with E-state index in [0.717, 1.165) is 10.9 Å². The van der Waals surface area contributed by atoms with Crippen molar-refractivity contribution in [3.63, 3.8) is 0 Å². The van der Waals surface area contributed by atoms with E-state index < -0.39 is 0 Å². The van der Waals surface area contributed by atoms with Gasteiger partial charge in [-0.1, -0.05) is 29.3 Å². The molecule has 0 spiro atoms. The van der Waals surface area contributed by atoms with E-state index in [1.165, 1.54) is 6.07 Å². The third-order valence-electron chi connectivity index (χ3n) is 4.90. The SMILES string of the molecule is CCOC(=O)Cn1ccc2c(Oc3ccc(NC(=O)c4ccc(Cl)c(Cl)c4)cc3)cccc21. The van der Waals surface area contributed by atoms with Crippen LogP contribution in [0.25, 0.3) is 10.9 Å². The van der Waals surface area contributed by atoms with Gasteiger partial charge in [0.25, 0.3) is 5.91 Å². The molecular formula is C25H20Cl2N2O4. The highest BCUT2D eigenvalue weighted by atomic mass is 35.5. The Morgan fingerprint density at radius 2 is 1.76 bits per heavy atom. The number of hydrogen-bond acceptors (Lipinski definition) is 4. The lowest BCUT2D eigenvalue weighted by atomic mass is 10.2. The number of nitrogens with zero attached hydrogens (tertiary/aromatic N) is 1. The molecule has 3 aromatic carbocycles. The number of halogens is 2. The minimum absolute atomic E-state index is 0.133. The van der Waals surface area contributed by atoms with E-state index in [4.69, 9.17) is 32.7 Å². The second kappa shape index (κ2) is 9.98. The van der Waals surface area contributed by atoms with Gasteiger partial charge in [0.05, 0.1) is 22.2 Å². The third-order valence-corrected chi connectivity index (χ3v) is 5.64. The Hall–Kier alpha value is -3.48. The Morgan fingerprint density at radius 1 is 0.970 bits per heavy atom. The van der Waals surface area contributed by atoms with Gasteiger partial charge >= 0.3 is 5.97 Å². The molecule has 8 heteroatoms. The number of carbonyl (C=O) groups is 2. The van der Waals surface area contributed by atoms with Crippen LogP contribution in [0.4, 0.5) is 5.69 Å². The highest BCUT2D eigenvalue weighted by Crippen LogP contribution is 2.31. The summed E-state index contributed by atoms with van der Waals surface area (Å²) < 4.78 is 12.9. The molecule has 0 saturated heterocycles. The maximum Gasteiger partial charge on any atom is 0.325 e. The van der Waals surface area contributed by atoms with Crippen LogP contribution >= 0.6 is 23.2 Å². The number of fused-ring (bicyclic) bond motifs is 1. The molecule has 33 heavy (non-hydrogen) atoms. The Balaban J connectivity index is 1.46. The summed E-state index contributed by atoms with van der Waals surface area (Å²) >= 11 is 11.9. The van der Waals surface area contributed by atoms with Crippen LogP contribution in [0.2, 0.25) is 10.0 Å². The Bertz CT molecular complexity index is 1320. The first-order chi connectivity index (χ1) is 15.9. The number of aromatic nitrogens is 1. The number of esters is 1. The smallest absolute Gasteiger partial charge is 0.325 e. The zero-order valence-corrected chi connectivity index (χ0v) is 19.2. The molecule has 0 saturated carbocycles. The number of hydrogen-bond donors (Lipinski definition) is 1. The van der Waals surface area contributed by atoms with Crippen molar-refractivity contribution < 1.29 is 19.1 Å². The van der Waals surface area contributed by atoms with E-state index in [9.17, 15) is 9.59 Å². The minimum Gasteiger partial charge on any atom is -0.465 e. The zero-order chi connectivity index (χ0) is 23.4. The van der Waals surface area contributed by atoms with Gasteiger partial charge in [-0.05, 0) is 67.6 Å². The lowest BCUT2D eigenvalue weighted by molar-refractivity contribution is -0.143. The van der Waals surface area contributed by atoms with Crippen LogP contribution < -0.4 is 10.1 Å². The van der Waals surface area contributed by atoms with Gasteiger partial charge in [0.15, 0.2) is 0 Å². The summed E-state index contributed by atoms with van der Waals surface area (Å²) in [4.78, 5) is 24.3. The van der Waals surface area contributed by atoms with Gasteiger partial charge in [0.2, 0.25) is 0 Å². The molecule has 0 aliphatic heterocycles. The first-order valence-electron chi connectivity index (χ1n) is 10.2. The first-order valence-corrected chi connectivity index (χ1v) is 11.0. The van der Waals surface area contributed by atoms with Gasteiger partial charge in [-0.15, -0.1) is 0 Å². The van der Waals surface area contributed by atoms with Crippen LogP contribution in [0, 0.1) is 0 Å². The summed E-state index contributed by atoms with van der Waals surface area (Å²) in [6.07, 6.45) is 1.83. The largest absolute Gasteiger partial charge is 0.465 e. The molecule has 0 aliphatic carbocycles.